The first kappa shape index (κ1) is 14.1. The van der Waals surface area contributed by atoms with Crippen molar-refractivity contribution in [1.29, 1.82) is 0 Å². The average Bonchev–Trinajstić information content (AvgIpc) is 2.34. The maximum absolute atomic E-state index is 3.84. The molecular formula is C14H27NS. The topological polar surface area (TPSA) is 12.0 Å². The van der Waals surface area contributed by atoms with Crippen LogP contribution in [0.25, 0.3) is 0 Å². The van der Waals surface area contributed by atoms with Crippen molar-refractivity contribution >= 4 is 11.8 Å². The molecule has 0 aromatic heterocycles. The Kier molecular flexibility index (Phi) is 7.22. The van der Waals surface area contributed by atoms with Crippen molar-refractivity contribution in [2.75, 3.05) is 6.26 Å². The van der Waals surface area contributed by atoms with Crippen LogP contribution in [0.2, 0.25) is 0 Å². The van der Waals surface area contributed by atoms with Gasteiger partial charge in [-0.2, -0.15) is 11.8 Å². The molecule has 1 aliphatic carbocycles. The summed E-state index contributed by atoms with van der Waals surface area (Å²) in [6, 6.07) is 1.46. The largest absolute Gasteiger partial charge is 0.311 e. The highest BCUT2D eigenvalue weighted by Gasteiger charge is 2.22. The van der Waals surface area contributed by atoms with Gasteiger partial charge >= 0.3 is 0 Å². The molecule has 0 bridgehead atoms. The SMILES string of the molecule is C=CCCC(CC)NC1CCCC(SC)C1. The van der Waals surface area contributed by atoms with E-state index >= 15 is 0 Å². The summed E-state index contributed by atoms with van der Waals surface area (Å²) in [4.78, 5) is 0. The van der Waals surface area contributed by atoms with E-state index in [1.807, 2.05) is 17.8 Å². The Morgan fingerprint density at radius 2 is 2.31 bits per heavy atom. The molecule has 3 unspecified atom stereocenters. The highest BCUT2D eigenvalue weighted by Crippen LogP contribution is 2.27. The Balaban J connectivity index is 2.29. The molecule has 0 spiro atoms. The third-order valence-electron chi connectivity index (χ3n) is 3.64. The molecule has 1 rings (SSSR count). The van der Waals surface area contributed by atoms with Crippen LogP contribution in [-0.4, -0.2) is 23.6 Å². The highest BCUT2D eigenvalue weighted by molar-refractivity contribution is 7.99. The van der Waals surface area contributed by atoms with Crippen molar-refractivity contribution in [3.05, 3.63) is 12.7 Å². The third kappa shape index (κ3) is 4.92. The number of thioether (sulfide) groups is 1. The quantitative estimate of drug-likeness (QED) is 0.676. The average molecular weight is 241 g/mol. The molecule has 1 aliphatic rings. The maximum atomic E-state index is 3.84. The van der Waals surface area contributed by atoms with Gasteiger partial charge in [-0.3, -0.25) is 0 Å². The van der Waals surface area contributed by atoms with E-state index in [-0.39, 0.29) is 0 Å². The van der Waals surface area contributed by atoms with Gasteiger partial charge in [0.05, 0.1) is 0 Å². The van der Waals surface area contributed by atoms with E-state index in [0.29, 0.717) is 6.04 Å². The predicted octanol–water partition coefficient (Wildman–Crippen LogP) is 4.00. The summed E-state index contributed by atoms with van der Waals surface area (Å²) in [6.45, 7) is 6.10. The van der Waals surface area contributed by atoms with Crippen LogP contribution in [0.1, 0.15) is 51.9 Å². The van der Waals surface area contributed by atoms with Gasteiger partial charge in [0, 0.05) is 17.3 Å². The number of allylic oxidation sites excluding steroid dienone is 1. The van der Waals surface area contributed by atoms with Crippen molar-refractivity contribution in [2.24, 2.45) is 0 Å². The van der Waals surface area contributed by atoms with Gasteiger partial charge in [-0.15, -0.1) is 6.58 Å². The van der Waals surface area contributed by atoms with E-state index < -0.39 is 0 Å². The summed E-state index contributed by atoms with van der Waals surface area (Å²) in [6.07, 6.45) is 13.5. The first-order valence-corrected chi connectivity index (χ1v) is 7.98. The fourth-order valence-electron chi connectivity index (χ4n) is 2.57. The van der Waals surface area contributed by atoms with Crippen LogP contribution in [0.15, 0.2) is 12.7 Å². The smallest absolute Gasteiger partial charge is 0.00801 e. The normalized spacial score (nSPS) is 27.6. The van der Waals surface area contributed by atoms with E-state index in [2.05, 4.69) is 25.1 Å². The zero-order valence-corrected chi connectivity index (χ0v) is 11.7. The zero-order valence-electron chi connectivity index (χ0n) is 10.9. The molecular weight excluding hydrogens is 214 g/mol. The van der Waals surface area contributed by atoms with Crippen LogP contribution in [0, 0.1) is 0 Å². The molecule has 0 heterocycles. The van der Waals surface area contributed by atoms with E-state index in [1.165, 1.54) is 38.5 Å². The lowest BCUT2D eigenvalue weighted by Crippen LogP contribution is -2.41. The Bertz CT molecular complexity index is 193. The van der Waals surface area contributed by atoms with Crippen molar-refractivity contribution < 1.29 is 0 Å². The Morgan fingerprint density at radius 1 is 1.50 bits per heavy atom. The minimum atomic E-state index is 0.698. The molecule has 1 nitrogen and oxygen atoms in total. The second-order valence-electron chi connectivity index (χ2n) is 4.86. The lowest BCUT2D eigenvalue weighted by molar-refractivity contribution is 0.328. The van der Waals surface area contributed by atoms with Crippen LogP contribution in [0.3, 0.4) is 0 Å². The Hall–Kier alpha value is 0.0500. The number of nitrogens with one attached hydrogen (secondary N) is 1. The van der Waals surface area contributed by atoms with E-state index in [4.69, 9.17) is 0 Å². The van der Waals surface area contributed by atoms with Crippen LogP contribution < -0.4 is 5.32 Å². The van der Waals surface area contributed by atoms with Gasteiger partial charge in [0.1, 0.15) is 0 Å². The summed E-state index contributed by atoms with van der Waals surface area (Å²) in [5.74, 6) is 0. The molecule has 0 saturated heterocycles. The first-order valence-electron chi connectivity index (χ1n) is 6.69. The molecule has 1 fully saturated rings. The van der Waals surface area contributed by atoms with Crippen LogP contribution in [0.4, 0.5) is 0 Å². The monoisotopic (exact) mass is 241 g/mol. The predicted molar refractivity (Wildman–Crippen MR) is 76.2 cm³/mol. The molecule has 0 radical (unpaired) electrons. The van der Waals surface area contributed by atoms with E-state index in [9.17, 15) is 0 Å². The number of rotatable bonds is 7. The minimum Gasteiger partial charge on any atom is -0.311 e. The third-order valence-corrected chi connectivity index (χ3v) is 4.74. The van der Waals surface area contributed by atoms with Crippen molar-refractivity contribution in [3.63, 3.8) is 0 Å². The second-order valence-corrected chi connectivity index (χ2v) is 6.00. The summed E-state index contributed by atoms with van der Waals surface area (Å²) >= 11 is 2.05. The van der Waals surface area contributed by atoms with Gasteiger partial charge < -0.3 is 5.32 Å². The molecule has 0 amide bonds. The highest BCUT2D eigenvalue weighted by atomic mass is 32.2. The first-order chi connectivity index (χ1) is 7.80. The lowest BCUT2D eigenvalue weighted by atomic mass is 9.93. The van der Waals surface area contributed by atoms with Crippen LogP contribution in [-0.2, 0) is 0 Å². The van der Waals surface area contributed by atoms with Gasteiger partial charge in [-0.1, -0.05) is 19.4 Å². The van der Waals surface area contributed by atoms with E-state index in [0.717, 1.165) is 17.7 Å². The molecule has 2 heteroatoms. The zero-order chi connectivity index (χ0) is 11.8. The lowest BCUT2D eigenvalue weighted by Gasteiger charge is -2.32. The standard InChI is InChI=1S/C14H27NS/c1-4-6-8-12(5-2)15-13-9-7-10-14(11-13)16-3/h4,12-15H,1,5-11H2,2-3H3. The van der Waals surface area contributed by atoms with Crippen molar-refractivity contribution in [1.82, 2.24) is 5.32 Å². The molecule has 0 aliphatic heterocycles. The maximum Gasteiger partial charge on any atom is 0.00801 e. The van der Waals surface area contributed by atoms with Crippen molar-refractivity contribution in [3.8, 4) is 0 Å². The summed E-state index contributed by atoms with van der Waals surface area (Å²) in [5, 5.41) is 4.74. The fourth-order valence-corrected chi connectivity index (χ4v) is 3.40. The van der Waals surface area contributed by atoms with Gasteiger partial charge in [-0.05, 0) is 44.8 Å². The fraction of sp³-hybridized carbons (Fsp3) is 0.857. The molecule has 94 valence electrons. The summed E-state index contributed by atoms with van der Waals surface area (Å²) < 4.78 is 0. The molecule has 1 N–H and O–H groups in total. The van der Waals surface area contributed by atoms with Crippen LogP contribution >= 0.6 is 11.8 Å². The molecule has 1 saturated carbocycles. The second kappa shape index (κ2) is 8.19. The van der Waals surface area contributed by atoms with Gasteiger partial charge in [0.2, 0.25) is 0 Å². The van der Waals surface area contributed by atoms with Gasteiger partial charge in [0.25, 0.3) is 0 Å². The molecule has 0 aromatic carbocycles. The number of hydrogen-bond donors (Lipinski definition) is 1. The molecule has 16 heavy (non-hydrogen) atoms. The number of hydrogen-bond acceptors (Lipinski definition) is 2. The molecule has 3 atom stereocenters. The van der Waals surface area contributed by atoms with E-state index in [1.54, 1.807) is 0 Å². The van der Waals surface area contributed by atoms with Gasteiger partial charge in [-0.25, -0.2) is 0 Å². The van der Waals surface area contributed by atoms with Crippen LogP contribution in [0.5, 0.6) is 0 Å². The van der Waals surface area contributed by atoms with Gasteiger partial charge in [0.15, 0.2) is 0 Å². The Labute approximate surface area is 105 Å². The van der Waals surface area contributed by atoms with Crippen molar-refractivity contribution in [2.45, 2.75) is 69.2 Å². The molecule has 0 aromatic rings. The summed E-state index contributed by atoms with van der Waals surface area (Å²) in [7, 11) is 0. The minimum absolute atomic E-state index is 0.698. The Morgan fingerprint density at radius 3 is 2.94 bits per heavy atom. The summed E-state index contributed by atoms with van der Waals surface area (Å²) in [5.41, 5.74) is 0.